The smallest absolute Gasteiger partial charge is 0.263 e. The Bertz CT molecular complexity index is 361. The Balaban J connectivity index is 2.24. The average Bonchev–Trinajstić information content (AvgIpc) is 2.74. The van der Waals surface area contributed by atoms with E-state index in [-0.39, 0.29) is 0 Å². The summed E-state index contributed by atoms with van der Waals surface area (Å²) in [5, 5.41) is 38.8. The minimum atomic E-state index is -2.03. The first-order chi connectivity index (χ1) is 7.91. The van der Waals surface area contributed by atoms with Crippen molar-refractivity contribution in [3.8, 4) is 0 Å². The molecule has 0 aliphatic carbocycles. The summed E-state index contributed by atoms with van der Waals surface area (Å²) in [6.07, 6.45) is -3.05. The molecule has 2 aliphatic rings. The second-order valence-corrected chi connectivity index (χ2v) is 4.08. The molecule has 96 valence electrons. The summed E-state index contributed by atoms with van der Waals surface area (Å²) < 4.78 is 5.12. The Morgan fingerprint density at radius 3 is 2.53 bits per heavy atom. The van der Waals surface area contributed by atoms with Gasteiger partial charge in [0, 0.05) is 6.08 Å². The number of carbonyl (C=O) groups is 1. The molecule has 0 aromatic rings. The number of aliphatic hydroxyl groups excluding tert-OH is 3. The monoisotopic (exact) mass is 246 g/mol. The van der Waals surface area contributed by atoms with Crippen LogP contribution in [-0.4, -0.2) is 68.1 Å². The van der Waals surface area contributed by atoms with E-state index in [9.17, 15) is 20.1 Å². The number of nitrogens with zero attached hydrogens (tertiary/aromatic N) is 1. The van der Waals surface area contributed by atoms with E-state index in [1.54, 1.807) is 0 Å². The van der Waals surface area contributed by atoms with Gasteiger partial charge in [0.05, 0.1) is 6.61 Å². The van der Waals surface area contributed by atoms with Crippen molar-refractivity contribution in [2.45, 2.75) is 30.1 Å². The van der Waals surface area contributed by atoms with Crippen LogP contribution in [0.3, 0.4) is 0 Å². The van der Waals surface area contributed by atoms with Gasteiger partial charge in [-0.3, -0.25) is 4.79 Å². The summed E-state index contributed by atoms with van der Waals surface area (Å²) in [5.41, 5.74) is -2.03. The quantitative estimate of drug-likeness (QED) is 0.251. The van der Waals surface area contributed by atoms with Crippen molar-refractivity contribution >= 4 is 5.91 Å². The van der Waals surface area contributed by atoms with Crippen LogP contribution in [0.4, 0.5) is 0 Å². The number of carbonyl (C=O) groups excluding carboxylic acids is 1. The second kappa shape index (κ2) is 4.02. The zero-order valence-corrected chi connectivity index (χ0v) is 8.80. The minimum absolute atomic E-state index is 0.507. The Labute approximate surface area is 96.5 Å². The maximum Gasteiger partial charge on any atom is 0.263 e. The Hall–Kier alpha value is -1.03. The van der Waals surface area contributed by atoms with E-state index in [4.69, 9.17) is 15.7 Å². The number of hydrogen-bond acceptors (Lipinski definition) is 7. The number of aliphatic hydroxyl groups is 4. The van der Waals surface area contributed by atoms with Crippen LogP contribution >= 0.6 is 0 Å². The largest absolute Gasteiger partial charge is 0.394 e. The summed E-state index contributed by atoms with van der Waals surface area (Å²) in [4.78, 5) is 11.2. The van der Waals surface area contributed by atoms with E-state index >= 15 is 0 Å². The molecule has 8 nitrogen and oxygen atoms in total. The molecule has 1 saturated heterocycles. The highest BCUT2D eigenvalue weighted by atomic mass is 16.6. The standard InChI is InChI=1S/C9H14N2O6/c10-11-5(13)1-2-9(11,16)8-7(15)6(14)4(3-12)17-8/h1-2,4,6-8,12,14-16H,3,10H2/t4-,6-,7-,8-,9?/m1/s1. The number of hydrogen-bond donors (Lipinski definition) is 5. The number of nitrogens with two attached hydrogens (primary N) is 1. The summed E-state index contributed by atoms with van der Waals surface area (Å²) in [6.45, 7) is -0.521. The van der Waals surface area contributed by atoms with E-state index in [1.807, 2.05) is 0 Å². The number of hydrazine groups is 1. The van der Waals surface area contributed by atoms with Gasteiger partial charge in [0.15, 0.2) is 0 Å². The van der Waals surface area contributed by atoms with E-state index < -0.39 is 42.7 Å². The van der Waals surface area contributed by atoms with Gasteiger partial charge < -0.3 is 25.2 Å². The lowest BCUT2D eigenvalue weighted by Gasteiger charge is -2.35. The third kappa shape index (κ3) is 1.66. The molecule has 0 radical (unpaired) electrons. The SMILES string of the molecule is NN1C(=O)C=CC1(O)[C@@H]1O[C@H](CO)[C@@H](O)[C@H]1O. The van der Waals surface area contributed by atoms with Crippen LogP contribution in [-0.2, 0) is 9.53 Å². The molecule has 1 amide bonds. The van der Waals surface area contributed by atoms with Gasteiger partial charge in [-0.1, -0.05) is 0 Å². The van der Waals surface area contributed by atoms with E-state index in [0.717, 1.165) is 12.2 Å². The molecule has 1 fully saturated rings. The van der Waals surface area contributed by atoms with Crippen molar-refractivity contribution in [1.29, 1.82) is 0 Å². The summed E-state index contributed by atoms with van der Waals surface area (Å²) in [7, 11) is 0. The highest BCUT2D eigenvalue weighted by Crippen LogP contribution is 2.33. The van der Waals surface area contributed by atoms with Crippen molar-refractivity contribution in [2.75, 3.05) is 6.61 Å². The predicted octanol–water partition coefficient (Wildman–Crippen LogP) is -3.57. The normalized spacial score (nSPS) is 45.9. The second-order valence-electron chi connectivity index (χ2n) is 4.08. The summed E-state index contributed by atoms with van der Waals surface area (Å²) >= 11 is 0. The number of rotatable bonds is 2. The molecule has 17 heavy (non-hydrogen) atoms. The molecule has 0 saturated carbocycles. The molecule has 2 aliphatic heterocycles. The molecular weight excluding hydrogens is 232 g/mol. The van der Waals surface area contributed by atoms with E-state index in [2.05, 4.69) is 0 Å². The van der Waals surface area contributed by atoms with Crippen LogP contribution in [0.15, 0.2) is 12.2 Å². The van der Waals surface area contributed by atoms with Gasteiger partial charge in [-0.2, -0.15) is 0 Å². The van der Waals surface area contributed by atoms with Gasteiger partial charge in [0.25, 0.3) is 5.91 Å². The third-order valence-corrected chi connectivity index (χ3v) is 3.06. The Morgan fingerprint density at radius 2 is 2.12 bits per heavy atom. The van der Waals surface area contributed by atoms with Crippen LogP contribution in [0.1, 0.15) is 0 Å². The predicted molar refractivity (Wildman–Crippen MR) is 52.9 cm³/mol. The molecule has 5 atom stereocenters. The number of ether oxygens (including phenoxy) is 1. The third-order valence-electron chi connectivity index (χ3n) is 3.06. The van der Waals surface area contributed by atoms with Gasteiger partial charge in [0.1, 0.15) is 24.4 Å². The van der Waals surface area contributed by atoms with E-state index in [0.29, 0.717) is 5.01 Å². The van der Waals surface area contributed by atoms with Crippen LogP contribution in [0.25, 0.3) is 0 Å². The van der Waals surface area contributed by atoms with Crippen LogP contribution < -0.4 is 5.84 Å². The molecule has 2 rings (SSSR count). The molecule has 0 aromatic carbocycles. The van der Waals surface area contributed by atoms with E-state index in [1.165, 1.54) is 0 Å². The van der Waals surface area contributed by atoms with Gasteiger partial charge in [-0.15, -0.1) is 0 Å². The average molecular weight is 246 g/mol. The summed E-state index contributed by atoms with van der Waals surface area (Å²) in [5.74, 6) is 4.72. The lowest BCUT2D eigenvalue weighted by molar-refractivity contribution is -0.183. The first kappa shape index (κ1) is 12.4. The van der Waals surface area contributed by atoms with Crippen molar-refractivity contribution in [3.63, 3.8) is 0 Å². The Morgan fingerprint density at radius 1 is 1.47 bits per heavy atom. The topological polar surface area (TPSA) is 136 Å². The molecule has 0 aromatic heterocycles. The highest BCUT2D eigenvalue weighted by molar-refractivity contribution is 5.90. The fourth-order valence-electron chi connectivity index (χ4n) is 2.01. The zero-order valence-electron chi connectivity index (χ0n) is 8.80. The Kier molecular flexibility index (Phi) is 2.94. The molecule has 2 heterocycles. The van der Waals surface area contributed by atoms with Gasteiger partial charge in [-0.05, 0) is 6.08 Å². The summed E-state index contributed by atoms with van der Waals surface area (Å²) in [6, 6.07) is 0. The molecule has 8 heteroatoms. The van der Waals surface area contributed by atoms with Crippen molar-refractivity contribution in [2.24, 2.45) is 5.84 Å². The van der Waals surface area contributed by atoms with Crippen molar-refractivity contribution in [1.82, 2.24) is 5.01 Å². The molecule has 0 bridgehead atoms. The highest BCUT2D eigenvalue weighted by Gasteiger charge is 2.56. The van der Waals surface area contributed by atoms with Crippen LogP contribution in [0, 0.1) is 0 Å². The first-order valence-corrected chi connectivity index (χ1v) is 5.04. The minimum Gasteiger partial charge on any atom is -0.394 e. The maximum absolute atomic E-state index is 11.2. The van der Waals surface area contributed by atoms with Crippen LogP contribution in [0.2, 0.25) is 0 Å². The van der Waals surface area contributed by atoms with Gasteiger partial charge >= 0.3 is 0 Å². The molecule has 6 N–H and O–H groups in total. The lowest BCUT2D eigenvalue weighted by atomic mass is 9.99. The molecule has 0 spiro atoms. The first-order valence-electron chi connectivity index (χ1n) is 5.04. The maximum atomic E-state index is 11.2. The lowest BCUT2D eigenvalue weighted by Crippen LogP contribution is -2.61. The fourth-order valence-corrected chi connectivity index (χ4v) is 2.01. The van der Waals surface area contributed by atoms with Gasteiger partial charge in [-0.25, -0.2) is 10.9 Å². The van der Waals surface area contributed by atoms with Crippen molar-refractivity contribution in [3.05, 3.63) is 12.2 Å². The molecule has 1 unspecified atom stereocenters. The van der Waals surface area contributed by atoms with Crippen LogP contribution in [0.5, 0.6) is 0 Å². The fraction of sp³-hybridized carbons (Fsp3) is 0.667. The number of amides is 1. The van der Waals surface area contributed by atoms with Crippen molar-refractivity contribution < 1.29 is 30.0 Å². The molecular formula is C9H14N2O6. The van der Waals surface area contributed by atoms with Gasteiger partial charge in [0.2, 0.25) is 5.72 Å². The zero-order chi connectivity index (χ0) is 12.8.